The summed E-state index contributed by atoms with van der Waals surface area (Å²) in [6.45, 7) is 3.21. The molecule has 1 heterocycles. The lowest BCUT2D eigenvalue weighted by atomic mass is 10.0. The van der Waals surface area contributed by atoms with Crippen LogP contribution in [0, 0.1) is 12.8 Å². The number of nitrogens with one attached hydrogen (secondary N) is 1. The molecule has 1 aliphatic rings. The molecule has 0 spiro atoms. The fourth-order valence-electron chi connectivity index (χ4n) is 2.76. The minimum Gasteiger partial charge on any atom is -0.319 e. The summed E-state index contributed by atoms with van der Waals surface area (Å²) in [4.78, 5) is 4.60. The minimum atomic E-state index is 0.731. The topological polar surface area (TPSA) is 24.9 Å². The van der Waals surface area contributed by atoms with Crippen LogP contribution in [0.5, 0.6) is 0 Å². The number of rotatable bonds is 3. The summed E-state index contributed by atoms with van der Waals surface area (Å²) >= 11 is 0. The molecule has 1 N–H and O–H groups in total. The van der Waals surface area contributed by atoms with Crippen molar-refractivity contribution in [3.63, 3.8) is 0 Å². The lowest BCUT2D eigenvalue weighted by molar-refractivity contribution is 0.699. The Morgan fingerprint density at radius 2 is 2.18 bits per heavy atom. The highest BCUT2D eigenvalue weighted by atomic mass is 14.8. The molecule has 2 unspecified atom stereocenters. The molecule has 0 bridgehead atoms. The molecule has 0 radical (unpaired) electrons. The molecule has 2 atom stereocenters. The van der Waals surface area contributed by atoms with E-state index in [1.54, 1.807) is 0 Å². The zero-order valence-electron chi connectivity index (χ0n) is 10.4. The number of nitrogens with zero attached hydrogens (tertiary/aromatic N) is 1. The SMILES string of the molecule is CNCC1CC1c1cc(C)nc2ccccc12. The predicted octanol–water partition coefficient (Wildman–Crippen LogP) is 2.87. The minimum absolute atomic E-state index is 0.731. The normalized spacial score (nSPS) is 22.9. The Morgan fingerprint density at radius 1 is 1.35 bits per heavy atom. The number of hydrogen-bond acceptors (Lipinski definition) is 2. The summed E-state index contributed by atoms with van der Waals surface area (Å²) in [5.41, 5.74) is 3.76. The van der Waals surface area contributed by atoms with Crippen LogP contribution < -0.4 is 5.32 Å². The molecule has 88 valence electrons. The second-order valence-electron chi connectivity index (χ2n) is 5.03. The van der Waals surface area contributed by atoms with Crippen molar-refractivity contribution in [1.29, 1.82) is 0 Å². The predicted molar refractivity (Wildman–Crippen MR) is 71.3 cm³/mol. The van der Waals surface area contributed by atoms with Crippen LogP contribution in [0.2, 0.25) is 0 Å². The van der Waals surface area contributed by atoms with E-state index in [-0.39, 0.29) is 0 Å². The smallest absolute Gasteiger partial charge is 0.0708 e. The van der Waals surface area contributed by atoms with Gasteiger partial charge in [-0.2, -0.15) is 0 Å². The van der Waals surface area contributed by atoms with Gasteiger partial charge in [-0.05, 0) is 56.5 Å². The van der Waals surface area contributed by atoms with Crippen LogP contribution in [0.1, 0.15) is 23.6 Å². The average Bonchev–Trinajstić information content (AvgIpc) is 3.08. The third-order valence-electron chi connectivity index (χ3n) is 3.66. The Bertz CT molecular complexity index is 548. The largest absolute Gasteiger partial charge is 0.319 e. The van der Waals surface area contributed by atoms with Crippen molar-refractivity contribution in [2.45, 2.75) is 19.3 Å². The van der Waals surface area contributed by atoms with Gasteiger partial charge in [0.25, 0.3) is 0 Å². The lowest BCUT2D eigenvalue weighted by Crippen LogP contribution is -2.10. The van der Waals surface area contributed by atoms with E-state index in [4.69, 9.17) is 0 Å². The summed E-state index contributed by atoms with van der Waals surface area (Å²) in [7, 11) is 2.03. The van der Waals surface area contributed by atoms with Crippen molar-refractivity contribution in [2.24, 2.45) is 5.92 Å². The zero-order chi connectivity index (χ0) is 11.8. The van der Waals surface area contributed by atoms with Crippen LogP contribution in [0.15, 0.2) is 30.3 Å². The first-order valence-corrected chi connectivity index (χ1v) is 6.30. The molecule has 2 nitrogen and oxygen atoms in total. The summed E-state index contributed by atoms with van der Waals surface area (Å²) in [6.07, 6.45) is 1.31. The van der Waals surface area contributed by atoms with E-state index in [1.165, 1.54) is 17.4 Å². The molecule has 0 amide bonds. The van der Waals surface area contributed by atoms with Gasteiger partial charge in [-0.25, -0.2) is 0 Å². The standard InChI is InChI=1S/C15H18N2/c1-10-7-14(13-8-11(13)9-16-2)12-5-3-4-6-15(12)17-10/h3-7,11,13,16H,8-9H2,1-2H3. The zero-order valence-corrected chi connectivity index (χ0v) is 10.4. The van der Waals surface area contributed by atoms with Crippen LogP contribution in [0.25, 0.3) is 10.9 Å². The van der Waals surface area contributed by atoms with Gasteiger partial charge in [0, 0.05) is 11.1 Å². The van der Waals surface area contributed by atoms with Gasteiger partial charge in [0.2, 0.25) is 0 Å². The van der Waals surface area contributed by atoms with Crippen LogP contribution in [-0.2, 0) is 0 Å². The second-order valence-corrected chi connectivity index (χ2v) is 5.03. The van der Waals surface area contributed by atoms with Crippen molar-refractivity contribution in [2.75, 3.05) is 13.6 Å². The average molecular weight is 226 g/mol. The van der Waals surface area contributed by atoms with E-state index >= 15 is 0 Å². The van der Waals surface area contributed by atoms with Gasteiger partial charge in [0.1, 0.15) is 0 Å². The van der Waals surface area contributed by atoms with Gasteiger partial charge in [-0.3, -0.25) is 4.98 Å². The molecule has 1 saturated carbocycles. The number of hydrogen-bond donors (Lipinski definition) is 1. The Morgan fingerprint density at radius 3 is 3.00 bits per heavy atom. The van der Waals surface area contributed by atoms with Crippen molar-refractivity contribution in [3.05, 3.63) is 41.6 Å². The van der Waals surface area contributed by atoms with E-state index in [9.17, 15) is 0 Å². The van der Waals surface area contributed by atoms with E-state index in [2.05, 4.69) is 47.6 Å². The van der Waals surface area contributed by atoms with Gasteiger partial charge in [-0.15, -0.1) is 0 Å². The molecule has 0 aliphatic heterocycles. The molecule has 0 saturated heterocycles. The first-order chi connectivity index (χ1) is 8.29. The fourth-order valence-corrected chi connectivity index (χ4v) is 2.76. The molecule has 2 heteroatoms. The third-order valence-corrected chi connectivity index (χ3v) is 3.66. The van der Waals surface area contributed by atoms with Crippen molar-refractivity contribution in [1.82, 2.24) is 10.3 Å². The third kappa shape index (κ3) is 1.93. The van der Waals surface area contributed by atoms with Crippen molar-refractivity contribution in [3.8, 4) is 0 Å². The first-order valence-electron chi connectivity index (χ1n) is 6.30. The molecule has 2 aromatic rings. The maximum absolute atomic E-state index is 4.60. The molecule has 1 aromatic heterocycles. The fraction of sp³-hybridized carbons (Fsp3) is 0.400. The number of aromatic nitrogens is 1. The summed E-state index contributed by atoms with van der Waals surface area (Å²) in [5, 5.41) is 4.61. The van der Waals surface area contributed by atoms with Gasteiger partial charge in [-0.1, -0.05) is 18.2 Å². The number of fused-ring (bicyclic) bond motifs is 1. The highest BCUT2D eigenvalue weighted by Gasteiger charge is 2.38. The number of aryl methyl sites for hydroxylation is 1. The van der Waals surface area contributed by atoms with Crippen LogP contribution in [-0.4, -0.2) is 18.6 Å². The first kappa shape index (κ1) is 10.7. The van der Waals surface area contributed by atoms with Gasteiger partial charge in [0.05, 0.1) is 5.52 Å². The van der Waals surface area contributed by atoms with E-state index in [1.807, 2.05) is 7.05 Å². The molecule has 17 heavy (non-hydrogen) atoms. The Kier molecular flexibility index (Phi) is 2.60. The molecular weight excluding hydrogens is 208 g/mol. The quantitative estimate of drug-likeness (QED) is 0.870. The second kappa shape index (κ2) is 4.11. The Labute approximate surface area is 102 Å². The molecular formula is C15H18N2. The molecule has 1 aromatic carbocycles. The summed E-state index contributed by atoms with van der Waals surface area (Å²) in [6, 6.07) is 10.8. The molecule has 1 fully saturated rings. The number of benzene rings is 1. The van der Waals surface area contributed by atoms with E-state index in [0.717, 1.165) is 29.6 Å². The van der Waals surface area contributed by atoms with Crippen LogP contribution in [0.4, 0.5) is 0 Å². The van der Waals surface area contributed by atoms with Crippen LogP contribution >= 0.6 is 0 Å². The van der Waals surface area contributed by atoms with Crippen molar-refractivity contribution < 1.29 is 0 Å². The van der Waals surface area contributed by atoms with E-state index < -0.39 is 0 Å². The van der Waals surface area contributed by atoms with Gasteiger partial charge in [0.15, 0.2) is 0 Å². The maximum Gasteiger partial charge on any atom is 0.0708 e. The van der Waals surface area contributed by atoms with Gasteiger partial charge >= 0.3 is 0 Å². The summed E-state index contributed by atoms with van der Waals surface area (Å²) in [5.74, 6) is 1.54. The van der Waals surface area contributed by atoms with E-state index in [0.29, 0.717) is 0 Å². The van der Waals surface area contributed by atoms with Gasteiger partial charge < -0.3 is 5.32 Å². The van der Waals surface area contributed by atoms with Crippen LogP contribution in [0.3, 0.4) is 0 Å². The molecule has 3 rings (SSSR count). The highest BCUT2D eigenvalue weighted by molar-refractivity contribution is 5.83. The Hall–Kier alpha value is -1.41. The monoisotopic (exact) mass is 226 g/mol. The Balaban J connectivity index is 2.04. The maximum atomic E-state index is 4.60. The number of para-hydroxylation sites is 1. The van der Waals surface area contributed by atoms with Crippen molar-refractivity contribution >= 4 is 10.9 Å². The lowest BCUT2D eigenvalue weighted by Gasteiger charge is -2.07. The highest BCUT2D eigenvalue weighted by Crippen LogP contribution is 2.48. The molecule has 1 aliphatic carbocycles. The number of pyridine rings is 1. The summed E-state index contributed by atoms with van der Waals surface area (Å²) < 4.78 is 0.